The van der Waals surface area contributed by atoms with Crippen molar-refractivity contribution >= 4 is 70.4 Å². The molecule has 2 nitrogen and oxygen atoms in total. The normalized spacial score (nSPS) is 11.6. The van der Waals surface area contributed by atoms with E-state index in [1.165, 1.54) is 53.1 Å². The number of rotatable bonds is 5. The Morgan fingerprint density at radius 1 is 0.378 bits per heavy atom. The molecular formula is C42H28N2S. The average Bonchev–Trinajstić information content (AvgIpc) is 3.64. The Hall–Kier alpha value is -5.64. The summed E-state index contributed by atoms with van der Waals surface area (Å²) in [5.41, 5.74) is 9.37. The number of para-hydroxylation sites is 3. The fourth-order valence-electron chi connectivity index (χ4n) is 6.69. The predicted molar refractivity (Wildman–Crippen MR) is 194 cm³/mol. The number of fused-ring (bicyclic) bond motifs is 6. The highest BCUT2D eigenvalue weighted by molar-refractivity contribution is 7.25. The fourth-order valence-corrected chi connectivity index (χ4v) is 7.83. The van der Waals surface area contributed by atoms with Gasteiger partial charge in [-0.1, -0.05) is 103 Å². The maximum atomic E-state index is 2.38. The lowest BCUT2D eigenvalue weighted by Gasteiger charge is -2.26. The van der Waals surface area contributed by atoms with Gasteiger partial charge < -0.3 is 9.47 Å². The standard InChI is InChI=1S/C42H28N2S/c1-3-11-31(12-4-1)43(33-22-19-29(20-23-33)30-21-25-38-37-16-8-10-18-41(37)45-42(38)27-30)34-24-26-36-35-15-7-9-17-39(35)44(40(36)28-34)32-13-5-2-6-14-32/h1-28H. The van der Waals surface area contributed by atoms with Crippen LogP contribution in [-0.4, -0.2) is 4.57 Å². The molecule has 2 heterocycles. The van der Waals surface area contributed by atoms with Gasteiger partial charge in [0.2, 0.25) is 0 Å². The first kappa shape index (κ1) is 25.8. The first-order valence-corrected chi connectivity index (χ1v) is 16.1. The van der Waals surface area contributed by atoms with Gasteiger partial charge in [0, 0.05) is 53.7 Å². The van der Waals surface area contributed by atoms with Crippen LogP contribution in [0.25, 0.3) is 58.8 Å². The maximum absolute atomic E-state index is 2.38. The number of thiophene rings is 1. The van der Waals surface area contributed by atoms with Crippen LogP contribution < -0.4 is 4.90 Å². The summed E-state index contributed by atoms with van der Waals surface area (Å²) in [5, 5.41) is 5.17. The van der Waals surface area contributed by atoms with Gasteiger partial charge in [0.15, 0.2) is 0 Å². The van der Waals surface area contributed by atoms with E-state index in [9.17, 15) is 0 Å². The van der Waals surface area contributed by atoms with Gasteiger partial charge in [0.25, 0.3) is 0 Å². The molecule has 0 saturated carbocycles. The van der Waals surface area contributed by atoms with Crippen LogP contribution >= 0.6 is 11.3 Å². The second kappa shape index (κ2) is 10.5. The number of hydrogen-bond donors (Lipinski definition) is 0. The van der Waals surface area contributed by atoms with Crippen LogP contribution in [0.3, 0.4) is 0 Å². The molecule has 0 spiro atoms. The third-order valence-corrected chi connectivity index (χ3v) is 9.92. The number of aromatic nitrogens is 1. The largest absolute Gasteiger partial charge is 0.310 e. The van der Waals surface area contributed by atoms with E-state index in [1.807, 2.05) is 11.3 Å². The Balaban J connectivity index is 1.17. The molecule has 0 N–H and O–H groups in total. The minimum Gasteiger partial charge on any atom is -0.310 e. The van der Waals surface area contributed by atoms with Gasteiger partial charge in [-0.05, 0) is 77.9 Å². The summed E-state index contributed by atoms with van der Waals surface area (Å²) in [6, 6.07) is 61.4. The molecule has 0 aliphatic carbocycles. The van der Waals surface area contributed by atoms with E-state index in [0.29, 0.717) is 0 Å². The van der Waals surface area contributed by atoms with Gasteiger partial charge in [-0.2, -0.15) is 0 Å². The summed E-state index contributed by atoms with van der Waals surface area (Å²) in [4.78, 5) is 2.35. The zero-order valence-corrected chi connectivity index (χ0v) is 25.3. The van der Waals surface area contributed by atoms with Crippen LogP contribution in [0.5, 0.6) is 0 Å². The molecule has 0 unspecified atom stereocenters. The molecule has 0 radical (unpaired) electrons. The van der Waals surface area contributed by atoms with Gasteiger partial charge in [-0.25, -0.2) is 0 Å². The van der Waals surface area contributed by atoms with E-state index in [0.717, 1.165) is 22.7 Å². The third kappa shape index (κ3) is 4.32. The van der Waals surface area contributed by atoms with Crippen LogP contribution in [0.4, 0.5) is 17.1 Å². The Morgan fingerprint density at radius 2 is 0.956 bits per heavy atom. The van der Waals surface area contributed by atoms with Crippen molar-refractivity contribution in [2.24, 2.45) is 0 Å². The van der Waals surface area contributed by atoms with Crippen LogP contribution in [0.2, 0.25) is 0 Å². The molecule has 9 rings (SSSR count). The highest BCUT2D eigenvalue weighted by atomic mass is 32.1. The van der Waals surface area contributed by atoms with Crippen molar-refractivity contribution in [2.45, 2.75) is 0 Å². The summed E-state index contributed by atoms with van der Waals surface area (Å²) < 4.78 is 5.04. The molecule has 0 amide bonds. The molecule has 0 bridgehead atoms. The van der Waals surface area contributed by atoms with Crippen molar-refractivity contribution in [2.75, 3.05) is 4.90 Å². The molecule has 0 fully saturated rings. The Bertz CT molecular complexity index is 2470. The minimum atomic E-state index is 1.12. The molecule has 2 aromatic heterocycles. The third-order valence-electron chi connectivity index (χ3n) is 8.78. The second-order valence-corrected chi connectivity index (χ2v) is 12.5. The van der Waals surface area contributed by atoms with Gasteiger partial charge >= 0.3 is 0 Å². The molecule has 7 aromatic carbocycles. The summed E-state index contributed by atoms with van der Waals surface area (Å²) >= 11 is 1.86. The molecule has 212 valence electrons. The lowest BCUT2D eigenvalue weighted by molar-refractivity contribution is 1.18. The smallest absolute Gasteiger partial charge is 0.0561 e. The molecule has 3 heteroatoms. The van der Waals surface area contributed by atoms with Gasteiger partial charge in [0.1, 0.15) is 0 Å². The highest BCUT2D eigenvalue weighted by Gasteiger charge is 2.17. The first-order valence-electron chi connectivity index (χ1n) is 15.3. The van der Waals surface area contributed by atoms with E-state index >= 15 is 0 Å². The van der Waals surface area contributed by atoms with E-state index in [1.54, 1.807) is 0 Å². The lowest BCUT2D eigenvalue weighted by atomic mass is 10.0. The molecule has 0 atom stereocenters. The Morgan fingerprint density at radius 3 is 1.78 bits per heavy atom. The number of anilines is 3. The van der Waals surface area contributed by atoms with Crippen LogP contribution in [0, 0.1) is 0 Å². The number of benzene rings is 7. The van der Waals surface area contributed by atoms with Crippen molar-refractivity contribution < 1.29 is 0 Å². The van der Waals surface area contributed by atoms with Crippen LogP contribution in [0.15, 0.2) is 170 Å². The summed E-state index contributed by atoms with van der Waals surface area (Å²) in [6.07, 6.45) is 0. The second-order valence-electron chi connectivity index (χ2n) is 11.4. The predicted octanol–water partition coefficient (Wildman–Crippen LogP) is 12.3. The number of hydrogen-bond acceptors (Lipinski definition) is 2. The van der Waals surface area contributed by atoms with Crippen LogP contribution in [0.1, 0.15) is 0 Å². The van der Waals surface area contributed by atoms with Crippen molar-refractivity contribution in [3.8, 4) is 16.8 Å². The van der Waals surface area contributed by atoms with E-state index in [2.05, 4.69) is 179 Å². The first-order chi connectivity index (χ1) is 22.3. The zero-order valence-electron chi connectivity index (χ0n) is 24.5. The highest BCUT2D eigenvalue weighted by Crippen LogP contribution is 2.41. The van der Waals surface area contributed by atoms with Crippen molar-refractivity contribution in [1.82, 2.24) is 4.57 Å². The van der Waals surface area contributed by atoms with Crippen molar-refractivity contribution in [1.29, 1.82) is 0 Å². The lowest BCUT2D eigenvalue weighted by Crippen LogP contribution is -2.10. The van der Waals surface area contributed by atoms with Crippen molar-refractivity contribution in [3.05, 3.63) is 170 Å². The van der Waals surface area contributed by atoms with Gasteiger partial charge in [0.05, 0.1) is 11.0 Å². The summed E-state index contributed by atoms with van der Waals surface area (Å²) in [7, 11) is 0. The molecular weight excluding hydrogens is 565 g/mol. The van der Waals surface area contributed by atoms with E-state index < -0.39 is 0 Å². The molecule has 45 heavy (non-hydrogen) atoms. The minimum absolute atomic E-state index is 1.12. The molecule has 0 saturated heterocycles. The molecule has 9 aromatic rings. The topological polar surface area (TPSA) is 8.17 Å². The average molecular weight is 593 g/mol. The van der Waals surface area contributed by atoms with Crippen LogP contribution in [-0.2, 0) is 0 Å². The summed E-state index contributed by atoms with van der Waals surface area (Å²) in [5.74, 6) is 0. The fraction of sp³-hybridized carbons (Fsp3) is 0. The van der Waals surface area contributed by atoms with E-state index in [4.69, 9.17) is 0 Å². The monoisotopic (exact) mass is 592 g/mol. The van der Waals surface area contributed by atoms with Gasteiger partial charge in [-0.3, -0.25) is 0 Å². The van der Waals surface area contributed by atoms with E-state index in [-0.39, 0.29) is 0 Å². The van der Waals surface area contributed by atoms with Crippen molar-refractivity contribution in [3.63, 3.8) is 0 Å². The molecule has 0 aliphatic rings. The summed E-state index contributed by atoms with van der Waals surface area (Å²) in [6.45, 7) is 0. The zero-order chi connectivity index (χ0) is 29.7. The Kier molecular flexibility index (Phi) is 6.03. The van der Waals surface area contributed by atoms with Gasteiger partial charge in [-0.15, -0.1) is 11.3 Å². The SMILES string of the molecule is c1ccc(N(c2ccc(-c3ccc4c(c3)sc3ccccc34)cc2)c2ccc3c4ccccc4n(-c4ccccc4)c3c2)cc1. The quantitative estimate of drug-likeness (QED) is 0.193. The Labute approximate surface area is 265 Å². The maximum Gasteiger partial charge on any atom is 0.0561 e. The number of nitrogens with zero attached hydrogens (tertiary/aromatic N) is 2. The molecule has 0 aliphatic heterocycles.